The van der Waals surface area contributed by atoms with Gasteiger partial charge in [0.1, 0.15) is 5.75 Å². The van der Waals surface area contributed by atoms with Crippen LogP contribution in [0.5, 0.6) is 5.75 Å². The molecule has 0 saturated carbocycles. The van der Waals surface area contributed by atoms with E-state index in [1.54, 1.807) is 11.8 Å². The number of piperazine rings is 1. The van der Waals surface area contributed by atoms with Crippen molar-refractivity contribution in [3.05, 3.63) is 29.8 Å². The molecule has 2 aliphatic heterocycles. The number of amides is 2. The Morgan fingerprint density at radius 1 is 1.25 bits per heavy atom. The van der Waals surface area contributed by atoms with Crippen molar-refractivity contribution in [3.8, 4) is 5.75 Å². The van der Waals surface area contributed by atoms with Gasteiger partial charge in [-0.1, -0.05) is 12.1 Å². The highest BCUT2D eigenvalue weighted by Gasteiger charge is 2.29. The molecule has 2 saturated heterocycles. The van der Waals surface area contributed by atoms with E-state index in [0.29, 0.717) is 51.6 Å². The summed E-state index contributed by atoms with van der Waals surface area (Å²) in [5.74, 6) is 0.784. The second-order valence-electron chi connectivity index (χ2n) is 7.21. The topological polar surface area (TPSA) is 71.1 Å². The molecule has 0 aliphatic carbocycles. The van der Waals surface area contributed by atoms with Crippen molar-refractivity contribution in [2.24, 2.45) is 0 Å². The molecule has 2 heterocycles. The number of halogens is 1. The van der Waals surface area contributed by atoms with E-state index < -0.39 is 6.10 Å². The normalized spacial score (nSPS) is 20.9. The molecule has 156 valence electrons. The van der Waals surface area contributed by atoms with Crippen LogP contribution in [0.25, 0.3) is 0 Å². The van der Waals surface area contributed by atoms with Gasteiger partial charge in [-0.25, -0.2) is 0 Å². The van der Waals surface area contributed by atoms with Crippen molar-refractivity contribution >= 4 is 24.2 Å². The number of ether oxygens (including phenoxy) is 2. The van der Waals surface area contributed by atoms with Crippen molar-refractivity contribution in [3.63, 3.8) is 0 Å². The summed E-state index contributed by atoms with van der Waals surface area (Å²) in [5.41, 5.74) is 1.09. The second-order valence-corrected chi connectivity index (χ2v) is 7.21. The van der Waals surface area contributed by atoms with Gasteiger partial charge in [0, 0.05) is 45.2 Å². The molecule has 2 fully saturated rings. The third-order valence-corrected chi connectivity index (χ3v) is 5.01. The number of hydrogen-bond donors (Lipinski definition) is 1. The first-order valence-corrected chi connectivity index (χ1v) is 9.64. The van der Waals surface area contributed by atoms with E-state index in [-0.39, 0.29) is 30.3 Å². The molecule has 0 bridgehead atoms. The van der Waals surface area contributed by atoms with Crippen LogP contribution in [0.1, 0.15) is 18.9 Å². The molecule has 3 rings (SSSR count). The number of benzene rings is 1. The molecule has 2 amide bonds. The quantitative estimate of drug-likeness (QED) is 0.789. The monoisotopic (exact) mass is 411 g/mol. The zero-order valence-electron chi connectivity index (χ0n) is 16.6. The molecule has 2 unspecified atom stereocenters. The largest absolute Gasteiger partial charge is 0.481 e. The van der Waals surface area contributed by atoms with E-state index in [0.717, 1.165) is 12.1 Å². The number of carbonyl (C=O) groups is 2. The minimum Gasteiger partial charge on any atom is -0.481 e. The highest BCUT2D eigenvalue weighted by molar-refractivity contribution is 5.85. The molecule has 0 spiro atoms. The van der Waals surface area contributed by atoms with Crippen LogP contribution in [0.4, 0.5) is 0 Å². The van der Waals surface area contributed by atoms with Gasteiger partial charge in [0.15, 0.2) is 6.10 Å². The first-order chi connectivity index (χ1) is 13.0. The zero-order chi connectivity index (χ0) is 19.2. The van der Waals surface area contributed by atoms with Crippen molar-refractivity contribution in [2.45, 2.75) is 32.4 Å². The average Bonchev–Trinajstić information content (AvgIpc) is 2.68. The van der Waals surface area contributed by atoms with Gasteiger partial charge in [-0.3, -0.25) is 9.59 Å². The van der Waals surface area contributed by atoms with Crippen LogP contribution < -0.4 is 10.1 Å². The number of nitrogens with one attached hydrogen (secondary N) is 1. The Labute approximate surface area is 172 Å². The third-order valence-electron chi connectivity index (χ3n) is 5.01. The first-order valence-electron chi connectivity index (χ1n) is 9.64. The smallest absolute Gasteiger partial charge is 0.263 e. The Morgan fingerprint density at radius 3 is 2.61 bits per heavy atom. The SMILES string of the molecule is Cc1cccc(OC(C)C(=O)N2CCN(C(=O)CC3COCCN3)CC2)c1.Cl. The van der Waals surface area contributed by atoms with Gasteiger partial charge in [-0.05, 0) is 31.5 Å². The van der Waals surface area contributed by atoms with Gasteiger partial charge in [0.2, 0.25) is 5.91 Å². The Bertz CT molecular complexity index is 659. The molecule has 0 aromatic heterocycles. The molecule has 1 aromatic rings. The second kappa shape index (κ2) is 10.6. The first kappa shape index (κ1) is 22.5. The van der Waals surface area contributed by atoms with E-state index in [9.17, 15) is 9.59 Å². The molecule has 28 heavy (non-hydrogen) atoms. The summed E-state index contributed by atoms with van der Waals surface area (Å²) >= 11 is 0. The molecule has 8 heteroatoms. The summed E-state index contributed by atoms with van der Waals surface area (Å²) in [6.45, 7) is 8.05. The summed E-state index contributed by atoms with van der Waals surface area (Å²) in [4.78, 5) is 28.7. The van der Waals surface area contributed by atoms with E-state index in [4.69, 9.17) is 9.47 Å². The summed E-state index contributed by atoms with van der Waals surface area (Å²) in [7, 11) is 0. The van der Waals surface area contributed by atoms with Crippen molar-refractivity contribution < 1.29 is 19.1 Å². The fourth-order valence-electron chi connectivity index (χ4n) is 3.47. The Morgan fingerprint density at radius 2 is 1.96 bits per heavy atom. The number of nitrogens with zero attached hydrogens (tertiary/aromatic N) is 2. The molecule has 2 aliphatic rings. The van der Waals surface area contributed by atoms with Gasteiger partial charge in [-0.2, -0.15) is 0 Å². The van der Waals surface area contributed by atoms with Crippen LogP contribution in [-0.2, 0) is 14.3 Å². The van der Waals surface area contributed by atoms with Crippen LogP contribution in [0.3, 0.4) is 0 Å². The van der Waals surface area contributed by atoms with Crippen molar-refractivity contribution in [1.82, 2.24) is 15.1 Å². The van der Waals surface area contributed by atoms with Crippen LogP contribution in [-0.4, -0.2) is 79.7 Å². The highest BCUT2D eigenvalue weighted by atomic mass is 35.5. The molecule has 0 radical (unpaired) electrons. The predicted molar refractivity (Wildman–Crippen MR) is 109 cm³/mol. The molecule has 2 atom stereocenters. The summed E-state index contributed by atoms with van der Waals surface area (Å²) < 4.78 is 11.2. The molecule has 1 N–H and O–H groups in total. The fourth-order valence-corrected chi connectivity index (χ4v) is 3.47. The maximum atomic E-state index is 12.7. The van der Waals surface area contributed by atoms with Crippen LogP contribution >= 0.6 is 12.4 Å². The van der Waals surface area contributed by atoms with E-state index in [1.165, 1.54) is 0 Å². The number of rotatable bonds is 5. The van der Waals surface area contributed by atoms with Gasteiger partial charge in [-0.15, -0.1) is 12.4 Å². The average molecular weight is 412 g/mol. The lowest BCUT2D eigenvalue weighted by Gasteiger charge is -2.36. The maximum Gasteiger partial charge on any atom is 0.263 e. The van der Waals surface area contributed by atoms with Crippen LogP contribution in [0.15, 0.2) is 24.3 Å². The van der Waals surface area contributed by atoms with Crippen LogP contribution in [0, 0.1) is 6.92 Å². The van der Waals surface area contributed by atoms with Gasteiger partial charge >= 0.3 is 0 Å². The molecular weight excluding hydrogens is 382 g/mol. The lowest BCUT2D eigenvalue weighted by atomic mass is 10.1. The number of carbonyl (C=O) groups excluding carboxylic acids is 2. The Kier molecular flexibility index (Phi) is 8.54. The lowest BCUT2D eigenvalue weighted by Crippen LogP contribution is -2.54. The number of aryl methyl sites for hydroxylation is 1. The van der Waals surface area contributed by atoms with E-state index in [2.05, 4.69) is 5.32 Å². The summed E-state index contributed by atoms with van der Waals surface area (Å²) in [6.07, 6.45) is -0.0986. The maximum absolute atomic E-state index is 12.7. The van der Waals surface area contributed by atoms with E-state index in [1.807, 2.05) is 36.1 Å². The zero-order valence-corrected chi connectivity index (χ0v) is 17.4. The van der Waals surface area contributed by atoms with Crippen molar-refractivity contribution in [2.75, 3.05) is 45.9 Å². The minimum absolute atomic E-state index is 0. The van der Waals surface area contributed by atoms with Gasteiger partial charge < -0.3 is 24.6 Å². The standard InChI is InChI=1S/C20H29N3O4.ClH/c1-15-4-3-5-18(12-15)27-16(2)20(25)23-9-7-22(8-10-23)19(24)13-17-14-26-11-6-21-17;/h3-5,12,16-17,21H,6-11,13-14H2,1-2H3;1H. The molecule has 1 aromatic carbocycles. The Hall–Kier alpha value is -1.83. The minimum atomic E-state index is -0.544. The van der Waals surface area contributed by atoms with Gasteiger partial charge in [0.05, 0.1) is 13.2 Å². The van der Waals surface area contributed by atoms with Gasteiger partial charge in [0.25, 0.3) is 5.91 Å². The predicted octanol–water partition coefficient (Wildman–Crippen LogP) is 1.23. The third kappa shape index (κ3) is 6.09. The lowest BCUT2D eigenvalue weighted by molar-refractivity contribution is -0.144. The van der Waals surface area contributed by atoms with Crippen LogP contribution in [0.2, 0.25) is 0 Å². The highest BCUT2D eigenvalue weighted by Crippen LogP contribution is 2.16. The number of morpholine rings is 1. The molecule has 7 nitrogen and oxygen atoms in total. The molecular formula is C20H30ClN3O4. The number of hydrogen-bond acceptors (Lipinski definition) is 5. The fraction of sp³-hybridized carbons (Fsp3) is 0.600. The van der Waals surface area contributed by atoms with E-state index >= 15 is 0 Å². The Balaban J connectivity index is 0.00000280. The summed E-state index contributed by atoms with van der Waals surface area (Å²) in [6, 6.07) is 7.77. The summed E-state index contributed by atoms with van der Waals surface area (Å²) in [5, 5.41) is 3.30. The van der Waals surface area contributed by atoms with Crippen molar-refractivity contribution in [1.29, 1.82) is 0 Å².